The molecule has 1 saturated heterocycles. The topological polar surface area (TPSA) is 36.0 Å². The third-order valence-corrected chi connectivity index (χ3v) is 11.0. The zero-order chi connectivity index (χ0) is 33.3. The number of nitrogens with zero attached hydrogens (tertiary/aromatic N) is 3. The predicted molar refractivity (Wildman–Crippen MR) is 192 cm³/mol. The molecule has 0 saturated carbocycles. The number of carbonyl (C=O) groups is 1. The second kappa shape index (κ2) is 14.2. The van der Waals surface area contributed by atoms with E-state index in [4.69, 9.17) is 4.74 Å². The molecule has 0 aromatic heterocycles. The molecule has 0 bridgehead atoms. The molecule has 5 heteroatoms. The van der Waals surface area contributed by atoms with Crippen LogP contribution in [0.2, 0.25) is 0 Å². The lowest BCUT2D eigenvalue weighted by Crippen LogP contribution is -2.42. The van der Waals surface area contributed by atoms with Crippen molar-refractivity contribution in [2.75, 3.05) is 33.8 Å². The fourth-order valence-corrected chi connectivity index (χ4v) is 8.08. The molecule has 0 N–H and O–H groups in total. The minimum Gasteiger partial charge on any atom is -0.496 e. The first-order chi connectivity index (χ1) is 21.9. The van der Waals surface area contributed by atoms with Crippen LogP contribution in [-0.4, -0.2) is 54.4 Å². The summed E-state index contributed by atoms with van der Waals surface area (Å²) in [6, 6.07) is 11.7. The van der Waals surface area contributed by atoms with Crippen LogP contribution in [0.5, 0.6) is 5.75 Å². The Balaban J connectivity index is 1.31. The van der Waals surface area contributed by atoms with Crippen LogP contribution in [0.3, 0.4) is 0 Å². The van der Waals surface area contributed by atoms with Gasteiger partial charge in [-0.25, -0.2) is 0 Å². The Morgan fingerprint density at radius 1 is 1.04 bits per heavy atom. The Morgan fingerprint density at radius 3 is 2.39 bits per heavy atom. The summed E-state index contributed by atoms with van der Waals surface area (Å²) in [4.78, 5) is 19.7. The summed E-state index contributed by atoms with van der Waals surface area (Å²) >= 11 is 0. The Bertz CT molecular complexity index is 1520. The lowest BCUT2D eigenvalue weighted by molar-refractivity contribution is -0.134. The van der Waals surface area contributed by atoms with E-state index in [1.807, 2.05) is 14.0 Å². The van der Waals surface area contributed by atoms with Gasteiger partial charge in [0.25, 0.3) is 0 Å². The minimum absolute atomic E-state index is 0.188. The van der Waals surface area contributed by atoms with E-state index in [9.17, 15) is 4.79 Å². The van der Waals surface area contributed by atoms with Crippen LogP contribution in [0, 0.1) is 11.8 Å². The van der Waals surface area contributed by atoms with E-state index in [-0.39, 0.29) is 11.9 Å². The summed E-state index contributed by atoms with van der Waals surface area (Å²) in [6.07, 6.45) is 7.32. The number of likely N-dealkylation sites (N-methyl/N-ethyl adjacent to an activating group) is 1. The van der Waals surface area contributed by atoms with Gasteiger partial charge in [-0.05, 0) is 115 Å². The molecule has 1 atom stereocenters. The van der Waals surface area contributed by atoms with Crippen LogP contribution in [0.25, 0.3) is 5.57 Å². The van der Waals surface area contributed by atoms with E-state index in [2.05, 4.69) is 106 Å². The van der Waals surface area contributed by atoms with Crippen molar-refractivity contribution in [1.82, 2.24) is 14.7 Å². The summed E-state index contributed by atoms with van der Waals surface area (Å²) in [5, 5.41) is 0. The van der Waals surface area contributed by atoms with Gasteiger partial charge in [0.15, 0.2) is 0 Å². The highest BCUT2D eigenvalue weighted by atomic mass is 16.5. The van der Waals surface area contributed by atoms with Gasteiger partial charge in [-0.1, -0.05) is 65.5 Å². The van der Waals surface area contributed by atoms with Gasteiger partial charge >= 0.3 is 0 Å². The number of methoxy groups -OCH3 is 1. The van der Waals surface area contributed by atoms with E-state index in [1.54, 1.807) is 0 Å². The van der Waals surface area contributed by atoms with E-state index in [0.717, 1.165) is 50.5 Å². The average molecular weight is 624 g/mol. The molecule has 1 unspecified atom stereocenters. The first-order valence-electron chi connectivity index (χ1n) is 17.6. The maximum atomic E-state index is 12.8. The highest BCUT2D eigenvalue weighted by Crippen LogP contribution is 2.41. The van der Waals surface area contributed by atoms with Gasteiger partial charge in [0, 0.05) is 49.6 Å². The fraction of sp³-hybridized carbons (Fsp3) is 0.537. The van der Waals surface area contributed by atoms with Gasteiger partial charge in [-0.3, -0.25) is 9.69 Å². The SMILES string of the molecule is C=C1C(C)=C(C)C(c2cc(OC)c(CN3CCC(Cc4cccc5c4CCN(C(=O)CC)C5C(C)C)CC3)c(C(C)C)c2)=CN1C. The van der Waals surface area contributed by atoms with Crippen molar-refractivity contribution < 1.29 is 9.53 Å². The summed E-state index contributed by atoms with van der Waals surface area (Å²) < 4.78 is 6.10. The minimum atomic E-state index is 0.188. The Morgan fingerprint density at radius 2 is 1.76 bits per heavy atom. The molecule has 248 valence electrons. The van der Waals surface area contributed by atoms with Crippen LogP contribution in [0.15, 0.2) is 60.0 Å². The number of allylic oxidation sites excluding steroid dienone is 3. The zero-order valence-corrected chi connectivity index (χ0v) is 30.0. The lowest BCUT2D eigenvalue weighted by Gasteiger charge is -2.41. The van der Waals surface area contributed by atoms with Crippen LogP contribution in [0.1, 0.15) is 113 Å². The molecule has 2 aromatic carbocycles. The third kappa shape index (κ3) is 6.72. The molecule has 5 nitrogen and oxygen atoms in total. The Labute approximate surface area is 279 Å². The van der Waals surface area contributed by atoms with Gasteiger partial charge in [0.1, 0.15) is 5.75 Å². The molecule has 0 aliphatic carbocycles. The molecule has 46 heavy (non-hydrogen) atoms. The molecule has 1 fully saturated rings. The smallest absolute Gasteiger partial charge is 0.222 e. The number of hydrogen-bond donors (Lipinski definition) is 0. The number of benzene rings is 2. The maximum absolute atomic E-state index is 12.8. The molecule has 3 aliphatic heterocycles. The monoisotopic (exact) mass is 623 g/mol. The normalized spacial score (nSPS) is 19.7. The number of hydrogen-bond acceptors (Lipinski definition) is 4. The largest absolute Gasteiger partial charge is 0.496 e. The van der Waals surface area contributed by atoms with Crippen molar-refractivity contribution in [3.8, 4) is 5.75 Å². The summed E-state index contributed by atoms with van der Waals surface area (Å²) in [6.45, 7) is 23.7. The fourth-order valence-electron chi connectivity index (χ4n) is 8.08. The molecule has 3 heterocycles. The molecule has 2 aromatic rings. The van der Waals surface area contributed by atoms with Crippen molar-refractivity contribution in [2.24, 2.45) is 11.8 Å². The number of fused-ring (bicyclic) bond motifs is 1. The number of ether oxygens (including phenoxy) is 1. The van der Waals surface area contributed by atoms with Gasteiger partial charge in [0.2, 0.25) is 5.91 Å². The average Bonchev–Trinajstić information content (AvgIpc) is 3.05. The molecule has 0 spiro atoms. The van der Waals surface area contributed by atoms with E-state index >= 15 is 0 Å². The van der Waals surface area contributed by atoms with Crippen molar-refractivity contribution in [2.45, 2.75) is 99.1 Å². The molecule has 5 rings (SSSR count). The van der Waals surface area contributed by atoms with Crippen LogP contribution in [-0.2, 0) is 24.2 Å². The number of piperidine rings is 1. The zero-order valence-electron chi connectivity index (χ0n) is 30.0. The standard InChI is InChI=1S/C41H57N3O2/c1-11-40(45)44-20-17-34-32(13-12-14-35(34)41(44)27(4)5)21-31-15-18-43(19-16-31)25-38-36(26(2)3)22-33(23-39(38)46-10)37-24-42(9)30(8)28(6)29(37)7/h12-14,22-24,26-27,31,41H,8,11,15-21,25H2,1-7,9-10H3. The van der Waals surface area contributed by atoms with Crippen LogP contribution in [0.4, 0.5) is 0 Å². The van der Waals surface area contributed by atoms with Gasteiger partial charge < -0.3 is 14.5 Å². The molecule has 0 radical (unpaired) electrons. The lowest BCUT2D eigenvalue weighted by atomic mass is 9.80. The van der Waals surface area contributed by atoms with Crippen molar-refractivity contribution in [3.05, 3.63) is 93.3 Å². The van der Waals surface area contributed by atoms with Crippen molar-refractivity contribution in [1.29, 1.82) is 0 Å². The first-order valence-corrected chi connectivity index (χ1v) is 17.6. The van der Waals surface area contributed by atoms with E-state index < -0.39 is 0 Å². The third-order valence-electron chi connectivity index (χ3n) is 11.0. The maximum Gasteiger partial charge on any atom is 0.222 e. The van der Waals surface area contributed by atoms with Gasteiger partial charge in [0.05, 0.1) is 13.2 Å². The second-order valence-corrected chi connectivity index (χ2v) is 14.5. The van der Waals surface area contributed by atoms with Crippen molar-refractivity contribution >= 4 is 11.5 Å². The quantitative estimate of drug-likeness (QED) is 0.280. The molecular formula is C41H57N3O2. The number of amides is 1. The second-order valence-electron chi connectivity index (χ2n) is 14.5. The number of rotatable bonds is 9. The molecule has 3 aliphatic rings. The number of likely N-dealkylation sites (tertiary alicyclic amines) is 1. The van der Waals surface area contributed by atoms with Crippen LogP contribution >= 0.6 is 0 Å². The highest BCUT2D eigenvalue weighted by molar-refractivity contribution is 5.83. The molecular weight excluding hydrogens is 566 g/mol. The summed E-state index contributed by atoms with van der Waals surface area (Å²) in [7, 11) is 3.90. The van der Waals surface area contributed by atoms with Gasteiger partial charge in [-0.2, -0.15) is 0 Å². The summed E-state index contributed by atoms with van der Waals surface area (Å²) in [5.74, 6) is 2.76. The van der Waals surface area contributed by atoms with E-state index in [0.29, 0.717) is 24.2 Å². The van der Waals surface area contributed by atoms with Crippen molar-refractivity contribution in [3.63, 3.8) is 0 Å². The Kier molecular flexibility index (Phi) is 10.5. The molecule has 1 amide bonds. The van der Waals surface area contributed by atoms with E-state index in [1.165, 1.54) is 62.9 Å². The number of carbonyl (C=O) groups excluding carboxylic acids is 1. The summed E-state index contributed by atoms with van der Waals surface area (Å²) in [5.41, 5.74) is 13.1. The van der Waals surface area contributed by atoms with Gasteiger partial charge in [-0.15, -0.1) is 0 Å². The van der Waals surface area contributed by atoms with Crippen LogP contribution < -0.4 is 4.74 Å². The first kappa shape index (κ1) is 34.0. The Hall–Kier alpha value is -3.31. The highest BCUT2D eigenvalue weighted by Gasteiger charge is 2.34. The predicted octanol–water partition coefficient (Wildman–Crippen LogP) is 8.90.